The Morgan fingerprint density at radius 3 is 3.09 bits per heavy atom. The van der Waals surface area contributed by atoms with E-state index in [9.17, 15) is 4.79 Å². The van der Waals surface area contributed by atoms with Gasteiger partial charge in [0.25, 0.3) is 5.91 Å². The van der Waals surface area contributed by atoms with Crippen LogP contribution < -0.4 is 5.73 Å². The van der Waals surface area contributed by atoms with E-state index < -0.39 is 0 Å². The maximum atomic E-state index is 12.7. The normalized spacial score (nSPS) is 18.4. The van der Waals surface area contributed by atoms with Gasteiger partial charge in [0.2, 0.25) is 5.95 Å². The van der Waals surface area contributed by atoms with Crippen molar-refractivity contribution in [3.05, 3.63) is 36.2 Å². The van der Waals surface area contributed by atoms with Crippen LogP contribution in [0.1, 0.15) is 28.9 Å². The zero-order valence-corrected chi connectivity index (χ0v) is 12.6. The molecule has 0 aliphatic carbocycles. The molecular weight excluding hydrogens is 280 g/mol. The Morgan fingerprint density at radius 1 is 1.50 bits per heavy atom. The highest BCUT2D eigenvalue weighted by Crippen LogP contribution is 2.20. The van der Waals surface area contributed by atoms with Gasteiger partial charge in [-0.2, -0.15) is 0 Å². The smallest absolute Gasteiger partial charge is 0.257 e. The van der Waals surface area contributed by atoms with Crippen molar-refractivity contribution in [2.24, 2.45) is 5.92 Å². The number of hydrogen-bond acceptors (Lipinski definition) is 5. The number of aryl methyl sites for hydroxylation is 1. The first-order valence-corrected chi connectivity index (χ1v) is 7.47. The van der Waals surface area contributed by atoms with Crippen LogP contribution in [0.25, 0.3) is 0 Å². The molecule has 2 aromatic heterocycles. The molecular formula is C15H20N6O. The van der Waals surface area contributed by atoms with Crippen LogP contribution in [-0.4, -0.2) is 43.4 Å². The molecule has 1 aliphatic heterocycles. The predicted molar refractivity (Wildman–Crippen MR) is 82.0 cm³/mol. The van der Waals surface area contributed by atoms with Crippen LogP contribution in [-0.2, 0) is 6.54 Å². The molecule has 0 bridgehead atoms. The molecule has 2 N–H and O–H groups in total. The minimum absolute atomic E-state index is 0.00664. The lowest BCUT2D eigenvalue weighted by Crippen LogP contribution is -2.41. The lowest BCUT2D eigenvalue weighted by Gasteiger charge is -2.33. The van der Waals surface area contributed by atoms with E-state index in [-0.39, 0.29) is 11.9 Å². The summed E-state index contributed by atoms with van der Waals surface area (Å²) in [5.74, 6) is 0.639. The third kappa shape index (κ3) is 3.08. The van der Waals surface area contributed by atoms with E-state index in [1.165, 1.54) is 6.20 Å². The summed E-state index contributed by atoms with van der Waals surface area (Å²) in [5, 5.41) is 0. The maximum Gasteiger partial charge on any atom is 0.257 e. The van der Waals surface area contributed by atoms with Gasteiger partial charge in [-0.3, -0.25) is 4.79 Å². The Labute approximate surface area is 129 Å². The molecule has 7 nitrogen and oxygen atoms in total. The molecule has 0 spiro atoms. The SMILES string of the molecule is Cc1nc(N)ncc1C(=O)N1CCCC(Cn2ccnc2)C1. The third-order valence-corrected chi connectivity index (χ3v) is 4.06. The molecule has 1 atom stereocenters. The number of hydrogen-bond donors (Lipinski definition) is 1. The Morgan fingerprint density at radius 2 is 2.36 bits per heavy atom. The zero-order valence-electron chi connectivity index (χ0n) is 12.6. The first-order chi connectivity index (χ1) is 10.6. The average molecular weight is 300 g/mol. The number of likely N-dealkylation sites (tertiary alicyclic amines) is 1. The number of imidazole rings is 1. The van der Waals surface area contributed by atoms with Gasteiger partial charge in [0, 0.05) is 38.2 Å². The molecule has 1 fully saturated rings. The Hall–Kier alpha value is -2.44. The summed E-state index contributed by atoms with van der Waals surface area (Å²) in [6.07, 6.45) is 9.22. The van der Waals surface area contributed by atoms with Crippen LogP contribution >= 0.6 is 0 Å². The molecule has 3 heterocycles. The molecule has 0 radical (unpaired) electrons. The molecule has 1 aliphatic rings. The topological polar surface area (TPSA) is 89.9 Å². The highest BCUT2D eigenvalue weighted by molar-refractivity contribution is 5.95. The van der Waals surface area contributed by atoms with Gasteiger partial charge in [-0.05, 0) is 25.7 Å². The van der Waals surface area contributed by atoms with Gasteiger partial charge in [-0.15, -0.1) is 0 Å². The van der Waals surface area contributed by atoms with Crippen molar-refractivity contribution >= 4 is 11.9 Å². The highest BCUT2D eigenvalue weighted by Gasteiger charge is 2.26. The Balaban J connectivity index is 1.69. The lowest BCUT2D eigenvalue weighted by atomic mass is 9.97. The summed E-state index contributed by atoms with van der Waals surface area (Å²) < 4.78 is 2.07. The van der Waals surface area contributed by atoms with Crippen molar-refractivity contribution in [2.45, 2.75) is 26.3 Å². The van der Waals surface area contributed by atoms with Gasteiger partial charge in [-0.1, -0.05) is 0 Å². The van der Waals surface area contributed by atoms with E-state index in [1.54, 1.807) is 13.1 Å². The first-order valence-electron chi connectivity index (χ1n) is 7.47. The first kappa shape index (κ1) is 14.5. The van der Waals surface area contributed by atoms with Crippen LogP contribution in [0.15, 0.2) is 24.9 Å². The summed E-state index contributed by atoms with van der Waals surface area (Å²) in [4.78, 5) is 26.6. The summed E-state index contributed by atoms with van der Waals surface area (Å²) in [7, 11) is 0. The predicted octanol–water partition coefficient (Wildman–Crippen LogP) is 1.12. The summed E-state index contributed by atoms with van der Waals surface area (Å²) >= 11 is 0. The van der Waals surface area contributed by atoms with Gasteiger partial charge < -0.3 is 15.2 Å². The van der Waals surface area contributed by atoms with Crippen molar-refractivity contribution in [3.8, 4) is 0 Å². The van der Waals surface area contributed by atoms with Crippen molar-refractivity contribution in [1.29, 1.82) is 0 Å². The van der Waals surface area contributed by atoms with Crippen LogP contribution in [0.5, 0.6) is 0 Å². The number of anilines is 1. The second-order valence-corrected chi connectivity index (χ2v) is 5.75. The monoisotopic (exact) mass is 300 g/mol. The van der Waals surface area contributed by atoms with Gasteiger partial charge in [0.1, 0.15) is 0 Å². The summed E-state index contributed by atoms with van der Waals surface area (Å²) in [5.41, 5.74) is 6.72. The minimum atomic E-state index is -0.00664. The molecule has 22 heavy (non-hydrogen) atoms. The van der Waals surface area contributed by atoms with Gasteiger partial charge >= 0.3 is 0 Å². The molecule has 3 rings (SSSR count). The van der Waals surface area contributed by atoms with Gasteiger partial charge in [0.15, 0.2) is 0 Å². The number of carbonyl (C=O) groups excluding carboxylic acids is 1. The third-order valence-electron chi connectivity index (χ3n) is 4.06. The minimum Gasteiger partial charge on any atom is -0.368 e. The van der Waals surface area contributed by atoms with Crippen LogP contribution in [0.2, 0.25) is 0 Å². The summed E-state index contributed by atoms with van der Waals surface area (Å²) in [6, 6.07) is 0. The molecule has 7 heteroatoms. The number of piperidine rings is 1. The zero-order chi connectivity index (χ0) is 15.5. The van der Waals surface area contributed by atoms with Crippen LogP contribution in [0.4, 0.5) is 5.95 Å². The van der Waals surface area contributed by atoms with Crippen molar-refractivity contribution in [2.75, 3.05) is 18.8 Å². The average Bonchev–Trinajstić information content (AvgIpc) is 3.00. The fourth-order valence-corrected chi connectivity index (χ4v) is 2.96. The second-order valence-electron chi connectivity index (χ2n) is 5.75. The Bertz CT molecular complexity index is 654. The van der Waals surface area contributed by atoms with E-state index in [0.717, 1.165) is 32.5 Å². The van der Waals surface area contributed by atoms with E-state index in [1.807, 2.05) is 17.4 Å². The van der Waals surface area contributed by atoms with E-state index >= 15 is 0 Å². The molecule has 1 saturated heterocycles. The number of nitrogens with two attached hydrogens (primary N) is 1. The number of nitrogens with zero attached hydrogens (tertiary/aromatic N) is 5. The van der Waals surface area contributed by atoms with E-state index in [4.69, 9.17) is 5.73 Å². The molecule has 1 amide bonds. The molecule has 2 aromatic rings. The fourth-order valence-electron chi connectivity index (χ4n) is 2.96. The second kappa shape index (κ2) is 6.13. The van der Waals surface area contributed by atoms with Gasteiger partial charge in [0.05, 0.1) is 17.6 Å². The molecule has 1 unspecified atom stereocenters. The van der Waals surface area contributed by atoms with Gasteiger partial charge in [-0.25, -0.2) is 15.0 Å². The van der Waals surface area contributed by atoms with Crippen molar-refractivity contribution in [3.63, 3.8) is 0 Å². The fraction of sp³-hybridized carbons (Fsp3) is 0.467. The van der Waals surface area contributed by atoms with E-state index in [0.29, 0.717) is 17.2 Å². The highest BCUT2D eigenvalue weighted by atomic mass is 16.2. The molecule has 0 saturated carbocycles. The molecule has 116 valence electrons. The molecule has 0 aromatic carbocycles. The quantitative estimate of drug-likeness (QED) is 0.917. The van der Waals surface area contributed by atoms with Crippen LogP contribution in [0.3, 0.4) is 0 Å². The number of amides is 1. The van der Waals surface area contributed by atoms with E-state index in [2.05, 4.69) is 19.5 Å². The van der Waals surface area contributed by atoms with Crippen molar-refractivity contribution < 1.29 is 4.79 Å². The number of nitrogen functional groups attached to an aromatic ring is 1. The summed E-state index contributed by atoms with van der Waals surface area (Å²) in [6.45, 7) is 4.21. The largest absolute Gasteiger partial charge is 0.368 e. The number of rotatable bonds is 3. The maximum absolute atomic E-state index is 12.7. The lowest BCUT2D eigenvalue weighted by molar-refractivity contribution is 0.0660. The van der Waals surface area contributed by atoms with Crippen LogP contribution in [0, 0.1) is 12.8 Å². The number of aromatic nitrogens is 4. The Kier molecular flexibility index (Phi) is 4.04. The number of carbonyl (C=O) groups is 1. The standard InChI is InChI=1S/C15H20N6O/c1-11-13(7-18-15(16)19-11)14(22)21-5-2-3-12(9-21)8-20-6-4-17-10-20/h4,6-7,10,12H,2-3,5,8-9H2,1H3,(H2,16,18,19). The van der Waals surface area contributed by atoms with Crippen molar-refractivity contribution in [1.82, 2.24) is 24.4 Å².